The van der Waals surface area contributed by atoms with Crippen LogP contribution in [-0.2, 0) is 6.18 Å². The summed E-state index contributed by atoms with van der Waals surface area (Å²) >= 11 is 0. The van der Waals surface area contributed by atoms with Gasteiger partial charge in [0, 0.05) is 24.2 Å². The number of benzene rings is 1. The lowest BCUT2D eigenvalue weighted by Gasteiger charge is -2.26. The number of halogens is 5. The Kier molecular flexibility index (Phi) is 3.11. The van der Waals surface area contributed by atoms with E-state index in [1.165, 1.54) is 6.07 Å². The minimum atomic E-state index is -4.57. The van der Waals surface area contributed by atoms with E-state index in [1.807, 2.05) is 0 Å². The molecule has 3 rings (SSSR count). The zero-order chi connectivity index (χ0) is 15.2. The van der Waals surface area contributed by atoms with Crippen molar-refractivity contribution in [1.82, 2.24) is 9.78 Å². The first-order valence-electron chi connectivity index (χ1n) is 6.22. The van der Waals surface area contributed by atoms with E-state index in [0.29, 0.717) is 19.0 Å². The molecular weight excluding hydrogens is 293 g/mol. The number of nitrogens with zero attached hydrogens (tertiary/aromatic N) is 2. The van der Waals surface area contributed by atoms with Crippen LogP contribution in [0, 0.1) is 11.6 Å². The lowest BCUT2D eigenvalue weighted by atomic mass is 10.0. The lowest BCUT2D eigenvalue weighted by molar-refractivity contribution is -0.141. The van der Waals surface area contributed by atoms with E-state index in [-0.39, 0.29) is 11.4 Å². The Morgan fingerprint density at radius 2 is 1.95 bits per heavy atom. The van der Waals surface area contributed by atoms with Crippen molar-refractivity contribution in [2.75, 3.05) is 11.9 Å². The first kappa shape index (κ1) is 13.8. The number of hydrogen-bond donors (Lipinski definition) is 1. The van der Waals surface area contributed by atoms with Gasteiger partial charge in [0.1, 0.15) is 17.5 Å². The standard InChI is InChI=1S/C13H10F5N3/c14-7-1-2-8(9(15)5-7)10-3-4-19-12-6-11(13(16,17)18)20-21(10)12/h1-2,5-6,10,19H,3-4H2. The smallest absolute Gasteiger partial charge is 0.370 e. The molecule has 1 aromatic heterocycles. The highest BCUT2D eigenvalue weighted by Crippen LogP contribution is 2.36. The molecule has 1 atom stereocenters. The van der Waals surface area contributed by atoms with E-state index in [1.54, 1.807) is 0 Å². The van der Waals surface area contributed by atoms with Crippen LogP contribution in [0.3, 0.4) is 0 Å². The van der Waals surface area contributed by atoms with Gasteiger partial charge in [-0.1, -0.05) is 6.07 Å². The predicted octanol–water partition coefficient (Wildman–Crippen LogP) is 3.59. The van der Waals surface area contributed by atoms with Gasteiger partial charge in [-0.15, -0.1) is 0 Å². The maximum atomic E-state index is 13.8. The number of alkyl halides is 3. The molecule has 2 aromatic rings. The molecule has 0 saturated heterocycles. The Labute approximate surface area is 116 Å². The molecule has 0 spiro atoms. The molecule has 0 radical (unpaired) electrons. The van der Waals surface area contributed by atoms with Gasteiger partial charge in [-0.3, -0.25) is 0 Å². The Hall–Kier alpha value is -2.12. The summed E-state index contributed by atoms with van der Waals surface area (Å²) in [6.07, 6.45) is -4.22. The Morgan fingerprint density at radius 1 is 1.19 bits per heavy atom. The summed E-state index contributed by atoms with van der Waals surface area (Å²) in [5.41, 5.74) is -0.921. The fraction of sp³-hybridized carbons (Fsp3) is 0.308. The fourth-order valence-electron chi connectivity index (χ4n) is 2.42. The highest BCUT2D eigenvalue weighted by molar-refractivity contribution is 5.42. The summed E-state index contributed by atoms with van der Waals surface area (Å²) in [6, 6.07) is 3.21. The van der Waals surface area contributed by atoms with Crippen LogP contribution in [0.25, 0.3) is 0 Å². The summed E-state index contributed by atoms with van der Waals surface area (Å²) < 4.78 is 66.0. The largest absolute Gasteiger partial charge is 0.435 e. The number of rotatable bonds is 1. The molecule has 1 aliphatic rings. The molecule has 1 unspecified atom stereocenters. The summed E-state index contributed by atoms with van der Waals surface area (Å²) in [5.74, 6) is -1.36. The molecule has 8 heteroatoms. The van der Waals surface area contributed by atoms with Crippen molar-refractivity contribution in [3.05, 3.63) is 47.2 Å². The van der Waals surface area contributed by atoms with Gasteiger partial charge in [-0.25, -0.2) is 13.5 Å². The van der Waals surface area contributed by atoms with Crippen LogP contribution in [0.5, 0.6) is 0 Å². The third-order valence-electron chi connectivity index (χ3n) is 3.37. The van der Waals surface area contributed by atoms with Gasteiger partial charge in [0.05, 0.1) is 6.04 Å². The fourth-order valence-corrected chi connectivity index (χ4v) is 2.42. The molecule has 0 fully saturated rings. The van der Waals surface area contributed by atoms with Crippen molar-refractivity contribution in [3.63, 3.8) is 0 Å². The minimum absolute atomic E-state index is 0.121. The van der Waals surface area contributed by atoms with Crippen molar-refractivity contribution < 1.29 is 22.0 Å². The SMILES string of the molecule is Fc1ccc(C2CCNc3cc(C(F)(F)F)nn32)c(F)c1. The number of fused-ring (bicyclic) bond motifs is 1. The second kappa shape index (κ2) is 4.71. The molecule has 2 heterocycles. The number of anilines is 1. The molecule has 112 valence electrons. The summed E-state index contributed by atoms with van der Waals surface area (Å²) in [5, 5.41) is 6.30. The predicted molar refractivity (Wildman–Crippen MR) is 64.8 cm³/mol. The van der Waals surface area contributed by atoms with Crippen LogP contribution in [0.15, 0.2) is 24.3 Å². The zero-order valence-corrected chi connectivity index (χ0v) is 10.6. The van der Waals surface area contributed by atoms with Gasteiger partial charge in [0.15, 0.2) is 5.69 Å². The van der Waals surface area contributed by atoms with Gasteiger partial charge >= 0.3 is 6.18 Å². The van der Waals surface area contributed by atoms with E-state index in [4.69, 9.17) is 0 Å². The first-order valence-corrected chi connectivity index (χ1v) is 6.22. The summed E-state index contributed by atoms with van der Waals surface area (Å²) in [7, 11) is 0. The lowest BCUT2D eigenvalue weighted by Crippen LogP contribution is -2.25. The third kappa shape index (κ3) is 2.45. The molecule has 0 bridgehead atoms. The molecule has 1 aliphatic heterocycles. The average Bonchev–Trinajstić information content (AvgIpc) is 2.82. The normalized spacial score (nSPS) is 18.2. The van der Waals surface area contributed by atoms with E-state index in [9.17, 15) is 22.0 Å². The van der Waals surface area contributed by atoms with Crippen molar-refractivity contribution in [2.24, 2.45) is 0 Å². The summed E-state index contributed by atoms with van der Waals surface area (Å²) in [4.78, 5) is 0. The number of hydrogen-bond acceptors (Lipinski definition) is 2. The first-order chi connectivity index (χ1) is 9.86. The third-order valence-corrected chi connectivity index (χ3v) is 3.37. The van der Waals surface area contributed by atoms with E-state index >= 15 is 0 Å². The van der Waals surface area contributed by atoms with E-state index in [0.717, 1.165) is 16.8 Å². The van der Waals surface area contributed by atoms with Crippen molar-refractivity contribution in [1.29, 1.82) is 0 Å². The topological polar surface area (TPSA) is 29.9 Å². The molecule has 0 aliphatic carbocycles. The van der Waals surface area contributed by atoms with Crippen LogP contribution < -0.4 is 5.32 Å². The maximum Gasteiger partial charge on any atom is 0.435 e. The second-order valence-corrected chi connectivity index (χ2v) is 4.75. The molecule has 1 aromatic carbocycles. The highest BCUT2D eigenvalue weighted by atomic mass is 19.4. The average molecular weight is 303 g/mol. The van der Waals surface area contributed by atoms with Gasteiger partial charge in [0.25, 0.3) is 0 Å². The van der Waals surface area contributed by atoms with Gasteiger partial charge < -0.3 is 5.32 Å². The van der Waals surface area contributed by atoms with E-state index < -0.39 is 29.5 Å². The van der Waals surface area contributed by atoms with Crippen LogP contribution in [0.4, 0.5) is 27.8 Å². The van der Waals surface area contributed by atoms with Gasteiger partial charge in [-0.05, 0) is 12.5 Å². The Balaban J connectivity index is 2.06. The van der Waals surface area contributed by atoms with Crippen LogP contribution in [0.1, 0.15) is 23.7 Å². The molecule has 0 saturated carbocycles. The second-order valence-electron chi connectivity index (χ2n) is 4.75. The van der Waals surface area contributed by atoms with Crippen LogP contribution >= 0.6 is 0 Å². The quantitative estimate of drug-likeness (QED) is 0.816. The zero-order valence-electron chi connectivity index (χ0n) is 10.6. The maximum absolute atomic E-state index is 13.8. The molecule has 1 N–H and O–H groups in total. The Morgan fingerprint density at radius 3 is 2.62 bits per heavy atom. The van der Waals surface area contributed by atoms with Crippen LogP contribution in [-0.4, -0.2) is 16.3 Å². The van der Waals surface area contributed by atoms with Crippen LogP contribution in [0.2, 0.25) is 0 Å². The molecule has 0 amide bonds. The van der Waals surface area contributed by atoms with Gasteiger partial charge in [0.2, 0.25) is 0 Å². The highest BCUT2D eigenvalue weighted by Gasteiger charge is 2.37. The minimum Gasteiger partial charge on any atom is -0.370 e. The number of nitrogens with one attached hydrogen (secondary N) is 1. The Bertz CT molecular complexity index is 677. The van der Waals surface area contributed by atoms with Crippen molar-refractivity contribution in [2.45, 2.75) is 18.6 Å². The number of aromatic nitrogens is 2. The molecular formula is C13H10F5N3. The van der Waals surface area contributed by atoms with Gasteiger partial charge in [-0.2, -0.15) is 18.3 Å². The van der Waals surface area contributed by atoms with Crippen molar-refractivity contribution >= 4 is 5.82 Å². The monoisotopic (exact) mass is 303 g/mol. The van der Waals surface area contributed by atoms with Crippen molar-refractivity contribution in [3.8, 4) is 0 Å². The van der Waals surface area contributed by atoms with E-state index in [2.05, 4.69) is 10.4 Å². The molecule has 21 heavy (non-hydrogen) atoms. The molecule has 3 nitrogen and oxygen atoms in total. The summed E-state index contributed by atoms with van der Waals surface area (Å²) in [6.45, 7) is 0.379.